The molecule has 0 aliphatic carbocycles. The molecule has 0 radical (unpaired) electrons. The standard InChI is InChI=1S/C11H24N2O3.ClH/c1-5-15-8-9-16-10(2)11(14)13(4)7-6-12-3;/h10,12H,5-9H2,1-4H3;1H. The van der Waals surface area contributed by atoms with Crippen LogP contribution in [0.3, 0.4) is 0 Å². The summed E-state index contributed by atoms with van der Waals surface area (Å²) >= 11 is 0. The van der Waals surface area contributed by atoms with E-state index in [0.717, 1.165) is 6.54 Å². The minimum Gasteiger partial charge on any atom is -0.379 e. The lowest BCUT2D eigenvalue weighted by Crippen LogP contribution is -2.39. The van der Waals surface area contributed by atoms with Crippen molar-refractivity contribution in [3.8, 4) is 0 Å². The molecule has 0 aliphatic heterocycles. The van der Waals surface area contributed by atoms with Crippen LogP contribution >= 0.6 is 12.4 Å². The van der Waals surface area contributed by atoms with E-state index >= 15 is 0 Å². The molecule has 0 rings (SSSR count). The van der Waals surface area contributed by atoms with Crippen LogP contribution in [0.1, 0.15) is 13.8 Å². The Kier molecular flexibility index (Phi) is 13.5. The Bertz CT molecular complexity index is 194. The molecule has 17 heavy (non-hydrogen) atoms. The smallest absolute Gasteiger partial charge is 0.251 e. The molecule has 1 amide bonds. The van der Waals surface area contributed by atoms with E-state index in [1.165, 1.54) is 0 Å². The van der Waals surface area contributed by atoms with E-state index in [1.54, 1.807) is 18.9 Å². The first-order chi connectivity index (χ1) is 7.63. The van der Waals surface area contributed by atoms with Crippen molar-refractivity contribution in [2.75, 3.05) is 47.0 Å². The van der Waals surface area contributed by atoms with Crippen LogP contribution in [0.2, 0.25) is 0 Å². The highest BCUT2D eigenvalue weighted by molar-refractivity contribution is 5.85. The van der Waals surface area contributed by atoms with Crippen LogP contribution in [0, 0.1) is 0 Å². The van der Waals surface area contributed by atoms with Gasteiger partial charge in [-0.05, 0) is 20.9 Å². The second-order valence-corrected chi connectivity index (χ2v) is 3.57. The molecule has 5 nitrogen and oxygen atoms in total. The Hall–Kier alpha value is -0.360. The normalized spacial score (nSPS) is 11.8. The number of halogens is 1. The van der Waals surface area contributed by atoms with Gasteiger partial charge in [-0.3, -0.25) is 4.79 Å². The van der Waals surface area contributed by atoms with Gasteiger partial charge in [-0.1, -0.05) is 0 Å². The number of likely N-dealkylation sites (N-methyl/N-ethyl adjacent to an activating group) is 2. The molecule has 0 aromatic heterocycles. The number of amides is 1. The van der Waals surface area contributed by atoms with Gasteiger partial charge in [0.1, 0.15) is 6.10 Å². The van der Waals surface area contributed by atoms with Gasteiger partial charge in [0, 0.05) is 26.7 Å². The Balaban J connectivity index is 0. The molecule has 0 heterocycles. The largest absolute Gasteiger partial charge is 0.379 e. The van der Waals surface area contributed by atoms with E-state index in [2.05, 4.69) is 5.32 Å². The number of hydrogen-bond acceptors (Lipinski definition) is 4. The first kappa shape index (κ1) is 19.0. The monoisotopic (exact) mass is 268 g/mol. The van der Waals surface area contributed by atoms with Crippen LogP contribution in [0.4, 0.5) is 0 Å². The number of rotatable bonds is 9. The molecule has 1 unspecified atom stereocenters. The van der Waals surface area contributed by atoms with E-state index in [-0.39, 0.29) is 18.3 Å². The summed E-state index contributed by atoms with van der Waals surface area (Å²) in [5.41, 5.74) is 0. The molecular weight excluding hydrogens is 244 g/mol. The van der Waals surface area contributed by atoms with Gasteiger partial charge < -0.3 is 19.7 Å². The zero-order valence-electron chi connectivity index (χ0n) is 11.2. The van der Waals surface area contributed by atoms with E-state index in [1.807, 2.05) is 14.0 Å². The molecule has 1 atom stereocenters. The van der Waals surface area contributed by atoms with E-state index in [9.17, 15) is 4.79 Å². The fourth-order valence-corrected chi connectivity index (χ4v) is 1.20. The second-order valence-electron chi connectivity index (χ2n) is 3.57. The van der Waals surface area contributed by atoms with Gasteiger partial charge in [0.15, 0.2) is 0 Å². The van der Waals surface area contributed by atoms with E-state index in [4.69, 9.17) is 9.47 Å². The first-order valence-electron chi connectivity index (χ1n) is 5.72. The Labute approximate surface area is 110 Å². The molecule has 0 saturated carbocycles. The van der Waals surface area contributed by atoms with Crippen molar-refractivity contribution < 1.29 is 14.3 Å². The van der Waals surface area contributed by atoms with Crippen LogP contribution in [0.5, 0.6) is 0 Å². The number of carbonyl (C=O) groups is 1. The van der Waals surface area contributed by atoms with Crippen molar-refractivity contribution >= 4 is 18.3 Å². The lowest BCUT2D eigenvalue weighted by atomic mass is 10.3. The van der Waals surface area contributed by atoms with Gasteiger partial charge in [-0.2, -0.15) is 0 Å². The van der Waals surface area contributed by atoms with Crippen LogP contribution in [0.25, 0.3) is 0 Å². The second kappa shape index (κ2) is 12.1. The summed E-state index contributed by atoms with van der Waals surface area (Å²) < 4.78 is 10.5. The van der Waals surface area contributed by atoms with Crippen LogP contribution in [-0.4, -0.2) is 63.9 Å². The summed E-state index contributed by atoms with van der Waals surface area (Å²) in [6, 6.07) is 0. The average molecular weight is 269 g/mol. The highest BCUT2D eigenvalue weighted by atomic mass is 35.5. The summed E-state index contributed by atoms with van der Waals surface area (Å²) in [4.78, 5) is 13.4. The van der Waals surface area contributed by atoms with Crippen molar-refractivity contribution in [2.24, 2.45) is 0 Å². The quantitative estimate of drug-likeness (QED) is 0.620. The maximum atomic E-state index is 11.7. The summed E-state index contributed by atoms with van der Waals surface area (Å²) in [5.74, 6) is 0.00625. The number of hydrogen-bond donors (Lipinski definition) is 1. The van der Waals surface area contributed by atoms with Crippen molar-refractivity contribution in [3.63, 3.8) is 0 Å². The third-order valence-corrected chi connectivity index (χ3v) is 2.22. The van der Waals surface area contributed by atoms with Crippen molar-refractivity contribution in [3.05, 3.63) is 0 Å². The predicted octanol–water partition coefficient (Wildman–Crippen LogP) is 0.528. The van der Waals surface area contributed by atoms with Crippen LogP contribution in [0.15, 0.2) is 0 Å². The van der Waals surface area contributed by atoms with Gasteiger partial charge in [0.2, 0.25) is 0 Å². The minimum atomic E-state index is -0.401. The SMILES string of the molecule is CCOCCOC(C)C(=O)N(C)CCNC.Cl. The Morgan fingerprint density at radius 2 is 2.06 bits per heavy atom. The summed E-state index contributed by atoms with van der Waals surface area (Å²) in [6.07, 6.45) is -0.401. The van der Waals surface area contributed by atoms with Crippen LogP contribution < -0.4 is 5.32 Å². The summed E-state index contributed by atoms with van der Waals surface area (Å²) in [7, 11) is 3.64. The molecule has 0 spiro atoms. The zero-order valence-corrected chi connectivity index (χ0v) is 12.0. The zero-order chi connectivity index (χ0) is 12.4. The van der Waals surface area contributed by atoms with Crippen LogP contribution in [-0.2, 0) is 14.3 Å². The Morgan fingerprint density at radius 1 is 1.41 bits per heavy atom. The topological polar surface area (TPSA) is 50.8 Å². The molecule has 0 fully saturated rings. The molecule has 0 aliphatic rings. The lowest BCUT2D eigenvalue weighted by molar-refractivity contribution is -0.142. The number of nitrogens with zero attached hydrogens (tertiary/aromatic N) is 1. The maximum absolute atomic E-state index is 11.7. The number of ether oxygens (including phenoxy) is 2. The molecule has 0 aromatic rings. The average Bonchev–Trinajstić information content (AvgIpc) is 2.30. The maximum Gasteiger partial charge on any atom is 0.251 e. The number of nitrogens with one attached hydrogen (secondary N) is 1. The first-order valence-corrected chi connectivity index (χ1v) is 5.72. The fraction of sp³-hybridized carbons (Fsp3) is 0.909. The number of carbonyl (C=O) groups excluding carboxylic acids is 1. The molecule has 6 heteroatoms. The molecule has 0 bridgehead atoms. The molecule has 104 valence electrons. The Morgan fingerprint density at radius 3 is 2.59 bits per heavy atom. The van der Waals surface area contributed by atoms with E-state index in [0.29, 0.717) is 26.4 Å². The summed E-state index contributed by atoms with van der Waals surface area (Å²) in [5, 5.41) is 3.00. The van der Waals surface area contributed by atoms with Crippen molar-refractivity contribution in [1.82, 2.24) is 10.2 Å². The third-order valence-electron chi connectivity index (χ3n) is 2.22. The van der Waals surface area contributed by atoms with Gasteiger partial charge in [-0.15, -0.1) is 12.4 Å². The fourth-order valence-electron chi connectivity index (χ4n) is 1.20. The van der Waals surface area contributed by atoms with Gasteiger partial charge in [0.05, 0.1) is 13.2 Å². The summed E-state index contributed by atoms with van der Waals surface area (Å²) in [6.45, 7) is 6.84. The molecule has 0 aromatic carbocycles. The van der Waals surface area contributed by atoms with Crippen molar-refractivity contribution in [2.45, 2.75) is 20.0 Å². The highest BCUT2D eigenvalue weighted by Crippen LogP contribution is 1.97. The minimum absolute atomic E-state index is 0. The van der Waals surface area contributed by atoms with Gasteiger partial charge >= 0.3 is 0 Å². The molecular formula is C11H25ClN2O3. The molecule has 1 N–H and O–H groups in total. The van der Waals surface area contributed by atoms with Gasteiger partial charge in [0.25, 0.3) is 5.91 Å². The lowest BCUT2D eigenvalue weighted by Gasteiger charge is -2.21. The third kappa shape index (κ3) is 9.35. The highest BCUT2D eigenvalue weighted by Gasteiger charge is 2.17. The molecule has 0 saturated heterocycles. The predicted molar refractivity (Wildman–Crippen MR) is 70.7 cm³/mol. The van der Waals surface area contributed by atoms with Gasteiger partial charge in [-0.25, -0.2) is 0 Å². The van der Waals surface area contributed by atoms with E-state index < -0.39 is 6.10 Å². The van der Waals surface area contributed by atoms with Crippen molar-refractivity contribution in [1.29, 1.82) is 0 Å².